The van der Waals surface area contributed by atoms with E-state index < -0.39 is 12.0 Å². The van der Waals surface area contributed by atoms with Crippen LogP contribution in [0.25, 0.3) is 0 Å². The Morgan fingerprint density at radius 1 is 1.33 bits per heavy atom. The summed E-state index contributed by atoms with van der Waals surface area (Å²) in [6, 6.07) is 6.75. The maximum atomic E-state index is 12.8. The normalized spacial score (nSPS) is 18.4. The number of para-hydroxylation sites is 1. The van der Waals surface area contributed by atoms with E-state index in [0.717, 1.165) is 36.9 Å². The topological polar surface area (TPSA) is 57.6 Å². The van der Waals surface area contributed by atoms with Gasteiger partial charge in [0.25, 0.3) is 0 Å². The number of hydrogen-bond acceptors (Lipinski definition) is 2. The molecule has 4 nitrogen and oxygen atoms in total. The molecule has 1 aromatic carbocycles. The number of rotatable bonds is 6. The Morgan fingerprint density at radius 2 is 2.05 bits per heavy atom. The van der Waals surface area contributed by atoms with E-state index in [1.807, 2.05) is 31.2 Å². The molecule has 21 heavy (non-hydrogen) atoms. The molecule has 1 amide bonds. The third-order valence-corrected chi connectivity index (χ3v) is 4.25. The number of carboxylic acids is 1. The molecule has 2 rings (SSSR count). The zero-order valence-electron chi connectivity index (χ0n) is 12.7. The maximum Gasteiger partial charge on any atom is 0.327 e. The lowest BCUT2D eigenvalue weighted by molar-refractivity contribution is -0.140. The molecule has 0 radical (unpaired) electrons. The number of carbonyl (C=O) groups excluding carboxylic acids is 1. The van der Waals surface area contributed by atoms with E-state index in [0.29, 0.717) is 6.42 Å². The van der Waals surface area contributed by atoms with E-state index in [9.17, 15) is 14.7 Å². The number of carboxylic acid groups (broad SMARTS) is 1. The first-order chi connectivity index (χ1) is 10.1. The summed E-state index contributed by atoms with van der Waals surface area (Å²) in [4.78, 5) is 25.9. The number of fused-ring (bicyclic) bond motifs is 1. The second kappa shape index (κ2) is 6.74. The number of carbonyl (C=O) groups is 2. The van der Waals surface area contributed by atoms with E-state index in [1.54, 1.807) is 0 Å². The average molecular weight is 289 g/mol. The molecule has 114 valence electrons. The minimum Gasteiger partial charge on any atom is -0.480 e. The summed E-state index contributed by atoms with van der Waals surface area (Å²) in [6.45, 7) is 4.10. The third-order valence-electron chi connectivity index (χ3n) is 4.25. The second-order valence-corrected chi connectivity index (χ2v) is 5.64. The van der Waals surface area contributed by atoms with Gasteiger partial charge in [0.2, 0.25) is 5.91 Å². The van der Waals surface area contributed by atoms with Crippen LogP contribution in [0.4, 0.5) is 5.69 Å². The number of benzene rings is 1. The first kappa shape index (κ1) is 15.5. The zero-order valence-corrected chi connectivity index (χ0v) is 12.7. The Hall–Kier alpha value is -1.84. The lowest BCUT2D eigenvalue weighted by Crippen LogP contribution is -2.45. The number of hydrogen-bond donors (Lipinski definition) is 1. The summed E-state index contributed by atoms with van der Waals surface area (Å²) in [7, 11) is 0. The lowest BCUT2D eigenvalue weighted by Gasteiger charge is -2.27. The number of unbranched alkanes of at least 4 members (excludes halogenated alkanes) is 1. The van der Waals surface area contributed by atoms with Gasteiger partial charge in [-0.05, 0) is 24.5 Å². The fourth-order valence-corrected chi connectivity index (χ4v) is 3.01. The molecule has 1 aromatic rings. The average Bonchev–Trinajstić information content (AvgIpc) is 2.87. The SMILES string of the molecule is CCCCC(CC)C(=O)N1c2ccccc2CC1C(=O)O. The van der Waals surface area contributed by atoms with Crippen LogP contribution in [0.15, 0.2) is 24.3 Å². The molecule has 0 aromatic heterocycles. The van der Waals surface area contributed by atoms with Gasteiger partial charge in [-0.1, -0.05) is 44.9 Å². The van der Waals surface area contributed by atoms with E-state index in [-0.39, 0.29) is 11.8 Å². The van der Waals surface area contributed by atoms with Gasteiger partial charge in [0.05, 0.1) is 0 Å². The standard InChI is InChI=1S/C17H23NO3/c1-3-5-8-12(4-2)16(19)18-14-10-7-6-9-13(14)11-15(18)17(20)21/h6-7,9-10,12,15H,3-5,8,11H2,1-2H3,(H,20,21). The highest BCUT2D eigenvalue weighted by Crippen LogP contribution is 2.34. The Kier molecular flexibility index (Phi) is 4.99. The van der Waals surface area contributed by atoms with Crippen LogP contribution >= 0.6 is 0 Å². The van der Waals surface area contributed by atoms with Gasteiger partial charge in [-0.15, -0.1) is 0 Å². The van der Waals surface area contributed by atoms with Crippen molar-refractivity contribution in [2.75, 3.05) is 4.90 Å². The molecule has 4 heteroatoms. The third kappa shape index (κ3) is 3.09. The zero-order chi connectivity index (χ0) is 15.4. The predicted molar refractivity (Wildman–Crippen MR) is 82.4 cm³/mol. The summed E-state index contributed by atoms with van der Waals surface area (Å²) < 4.78 is 0. The smallest absolute Gasteiger partial charge is 0.327 e. The monoisotopic (exact) mass is 289 g/mol. The summed E-state index contributed by atoms with van der Waals surface area (Å²) >= 11 is 0. The minimum atomic E-state index is -0.926. The van der Waals surface area contributed by atoms with Crippen LogP contribution < -0.4 is 4.90 Å². The quantitative estimate of drug-likeness (QED) is 0.874. The molecule has 1 aliphatic rings. The highest BCUT2D eigenvalue weighted by Gasteiger charge is 2.39. The lowest BCUT2D eigenvalue weighted by atomic mass is 9.97. The molecular weight excluding hydrogens is 266 g/mol. The number of amides is 1. The fourth-order valence-electron chi connectivity index (χ4n) is 3.01. The van der Waals surface area contributed by atoms with Crippen LogP contribution in [0.3, 0.4) is 0 Å². The molecule has 0 aliphatic carbocycles. The van der Waals surface area contributed by atoms with Crippen molar-refractivity contribution in [3.05, 3.63) is 29.8 Å². The number of nitrogens with zero attached hydrogens (tertiary/aromatic N) is 1. The van der Waals surface area contributed by atoms with Crippen molar-refractivity contribution in [2.24, 2.45) is 5.92 Å². The molecule has 1 heterocycles. The van der Waals surface area contributed by atoms with Crippen molar-refractivity contribution in [3.8, 4) is 0 Å². The van der Waals surface area contributed by atoms with Crippen LogP contribution in [0.5, 0.6) is 0 Å². The molecule has 0 spiro atoms. The van der Waals surface area contributed by atoms with Crippen LogP contribution in [-0.4, -0.2) is 23.0 Å². The van der Waals surface area contributed by atoms with Gasteiger partial charge >= 0.3 is 5.97 Å². The Balaban J connectivity index is 2.29. The molecule has 2 atom stereocenters. The van der Waals surface area contributed by atoms with Crippen molar-refractivity contribution < 1.29 is 14.7 Å². The fraction of sp³-hybridized carbons (Fsp3) is 0.529. The van der Waals surface area contributed by atoms with Crippen molar-refractivity contribution in [1.29, 1.82) is 0 Å². The molecule has 0 saturated carbocycles. The Bertz CT molecular complexity index is 527. The molecule has 0 saturated heterocycles. The Labute approximate surface area is 125 Å². The summed E-state index contributed by atoms with van der Waals surface area (Å²) in [5.41, 5.74) is 1.72. The highest BCUT2D eigenvalue weighted by atomic mass is 16.4. The van der Waals surface area contributed by atoms with Crippen molar-refractivity contribution in [1.82, 2.24) is 0 Å². The van der Waals surface area contributed by atoms with Crippen molar-refractivity contribution in [3.63, 3.8) is 0 Å². The van der Waals surface area contributed by atoms with Gasteiger partial charge in [-0.25, -0.2) is 4.79 Å². The van der Waals surface area contributed by atoms with E-state index in [1.165, 1.54) is 4.90 Å². The van der Waals surface area contributed by atoms with Crippen molar-refractivity contribution in [2.45, 2.75) is 52.0 Å². The summed E-state index contributed by atoms with van der Waals surface area (Å²) in [6.07, 6.45) is 4.03. The summed E-state index contributed by atoms with van der Waals surface area (Å²) in [5, 5.41) is 9.44. The van der Waals surface area contributed by atoms with E-state index in [4.69, 9.17) is 0 Å². The van der Waals surface area contributed by atoms with Gasteiger partial charge in [-0.3, -0.25) is 9.69 Å². The maximum absolute atomic E-state index is 12.8. The molecular formula is C17H23NO3. The van der Waals surface area contributed by atoms with E-state index >= 15 is 0 Å². The van der Waals surface area contributed by atoms with Crippen LogP contribution in [-0.2, 0) is 16.0 Å². The largest absolute Gasteiger partial charge is 0.480 e. The van der Waals surface area contributed by atoms with Crippen LogP contribution in [0.1, 0.15) is 45.1 Å². The van der Waals surface area contributed by atoms with Crippen LogP contribution in [0, 0.1) is 5.92 Å². The number of aliphatic carboxylic acids is 1. The molecule has 0 fully saturated rings. The van der Waals surface area contributed by atoms with Gasteiger partial charge in [0.15, 0.2) is 0 Å². The predicted octanol–water partition coefficient (Wildman–Crippen LogP) is 3.25. The number of anilines is 1. The van der Waals surface area contributed by atoms with Crippen LogP contribution in [0.2, 0.25) is 0 Å². The van der Waals surface area contributed by atoms with Gasteiger partial charge in [0, 0.05) is 18.0 Å². The molecule has 1 N–H and O–H groups in total. The van der Waals surface area contributed by atoms with E-state index in [2.05, 4.69) is 6.92 Å². The minimum absolute atomic E-state index is 0.0386. The first-order valence-electron chi connectivity index (χ1n) is 7.73. The van der Waals surface area contributed by atoms with Gasteiger partial charge in [-0.2, -0.15) is 0 Å². The Morgan fingerprint density at radius 3 is 2.67 bits per heavy atom. The van der Waals surface area contributed by atoms with Gasteiger partial charge in [0.1, 0.15) is 6.04 Å². The molecule has 0 bridgehead atoms. The van der Waals surface area contributed by atoms with Gasteiger partial charge < -0.3 is 5.11 Å². The second-order valence-electron chi connectivity index (χ2n) is 5.64. The first-order valence-corrected chi connectivity index (χ1v) is 7.73. The molecule has 2 unspecified atom stereocenters. The highest BCUT2D eigenvalue weighted by molar-refractivity contribution is 6.02. The summed E-state index contributed by atoms with van der Waals surface area (Å²) in [5.74, 6) is -1.05. The molecule has 1 aliphatic heterocycles. The van der Waals surface area contributed by atoms with Crippen molar-refractivity contribution >= 4 is 17.6 Å².